The molecule has 27 heavy (non-hydrogen) atoms. The number of carbonyl (C=O) groups is 2. The first-order chi connectivity index (χ1) is 13.0. The van der Waals surface area contributed by atoms with Crippen molar-refractivity contribution in [1.82, 2.24) is 4.98 Å². The summed E-state index contributed by atoms with van der Waals surface area (Å²) < 4.78 is 5.14. The number of carbonyl (C=O) groups excluding carboxylic acids is 2. The Bertz CT molecular complexity index is 969. The molecule has 1 aromatic heterocycles. The number of ether oxygens (including phenoxy) is 1. The molecule has 0 fully saturated rings. The van der Waals surface area contributed by atoms with Gasteiger partial charge in [0, 0.05) is 10.6 Å². The molecule has 138 valence electrons. The number of methoxy groups -OCH3 is 1. The molecule has 1 N–H and O–H groups in total. The van der Waals surface area contributed by atoms with Gasteiger partial charge in [-0.05, 0) is 36.8 Å². The summed E-state index contributed by atoms with van der Waals surface area (Å²) >= 11 is 7.02. The van der Waals surface area contributed by atoms with E-state index in [0.29, 0.717) is 26.3 Å². The minimum Gasteiger partial charge on any atom is -0.497 e. The number of nitrogens with zero attached hydrogens (tertiary/aromatic N) is 1. The highest BCUT2D eigenvalue weighted by Gasteiger charge is 2.19. The molecule has 0 bridgehead atoms. The maximum absolute atomic E-state index is 12.6. The Kier molecular flexibility index (Phi) is 5.88. The molecule has 0 radical (unpaired) electrons. The van der Waals surface area contributed by atoms with Crippen LogP contribution in [0.1, 0.15) is 33.6 Å². The van der Waals surface area contributed by atoms with Gasteiger partial charge >= 0.3 is 0 Å². The van der Waals surface area contributed by atoms with Crippen LogP contribution in [0.3, 0.4) is 0 Å². The van der Waals surface area contributed by atoms with Crippen LogP contribution in [0.5, 0.6) is 5.75 Å². The molecule has 1 amide bonds. The van der Waals surface area contributed by atoms with E-state index in [1.54, 1.807) is 50.4 Å². The van der Waals surface area contributed by atoms with Crippen LogP contribution in [0.2, 0.25) is 5.02 Å². The van der Waals surface area contributed by atoms with E-state index in [-0.39, 0.29) is 17.6 Å². The van der Waals surface area contributed by atoms with Crippen molar-refractivity contribution in [2.24, 2.45) is 0 Å². The fraction of sp³-hybridized carbons (Fsp3) is 0.150. The predicted octanol–water partition coefficient (Wildman–Crippen LogP) is 4.78. The maximum atomic E-state index is 12.6. The summed E-state index contributed by atoms with van der Waals surface area (Å²) in [7, 11) is 1.55. The Morgan fingerprint density at radius 3 is 2.63 bits per heavy atom. The molecule has 1 unspecified atom stereocenters. The molecule has 0 aliphatic rings. The number of benzene rings is 2. The van der Waals surface area contributed by atoms with Crippen LogP contribution < -0.4 is 10.1 Å². The Morgan fingerprint density at radius 1 is 1.19 bits per heavy atom. The van der Waals surface area contributed by atoms with Gasteiger partial charge in [-0.15, -0.1) is 0 Å². The second-order valence-corrected chi connectivity index (χ2v) is 7.32. The predicted molar refractivity (Wildman–Crippen MR) is 107 cm³/mol. The zero-order chi connectivity index (χ0) is 19.4. The summed E-state index contributed by atoms with van der Waals surface area (Å²) in [6, 6.07) is 14.0. The van der Waals surface area contributed by atoms with Gasteiger partial charge in [0.25, 0.3) is 0 Å². The van der Waals surface area contributed by atoms with Crippen molar-refractivity contribution < 1.29 is 14.3 Å². The van der Waals surface area contributed by atoms with Gasteiger partial charge in [0.2, 0.25) is 11.7 Å². The highest BCUT2D eigenvalue weighted by Crippen LogP contribution is 2.25. The fourth-order valence-electron chi connectivity index (χ4n) is 2.46. The first-order valence-corrected chi connectivity index (χ1v) is 9.38. The Morgan fingerprint density at radius 2 is 1.93 bits per heavy atom. The Hall–Kier alpha value is -2.70. The van der Waals surface area contributed by atoms with Gasteiger partial charge in [0.1, 0.15) is 5.75 Å². The van der Waals surface area contributed by atoms with Crippen molar-refractivity contribution in [3.05, 3.63) is 75.8 Å². The number of hydrogen-bond acceptors (Lipinski definition) is 5. The lowest BCUT2D eigenvalue weighted by atomic mass is 10.0. The van der Waals surface area contributed by atoms with Crippen LogP contribution >= 0.6 is 22.9 Å². The molecule has 1 heterocycles. The topological polar surface area (TPSA) is 68.3 Å². The molecule has 3 rings (SSSR count). The lowest BCUT2D eigenvalue weighted by Gasteiger charge is -2.11. The van der Waals surface area contributed by atoms with Crippen molar-refractivity contribution in [3.63, 3.8) is 0 Å². The van der Waals surface area contributed by atoms with Gasteiger partial charge in [-0.3, -0.25) is 9.59 Å². The molecule has 3 aromatic rings. The third-order valence-electron chi connectivity index (χ3n) is 4.05. The quantitative estimate of drug-likeness (QED) is 0.604. The van der Waals surface area contributed by atoms with Crippen LogP contribution in [0.15, 0.2) is 54.7 Å². The molecule has 2 aromatic carbocycles. The van der Waals surface area contributed by atoms with Crippen molar-refractivity contribution in [2.45, 2.75) is 12.8 Å². The van der Waals surface area contributed by atoms with Crippen LogP contribution in [0, 0.1) is 0 Å². The van der Waals surface area contributed by atoms with Crippen molar-refractivity contribution in [3.8, 4) is 5.75 Å². The Labute approximate surface area is 166 Å². The molecule has 5 nitrogen and oxygen atoms in total. The van der Waals surface area contributed by atoms with Crippen molar-refractivity contribution in [1.29, 1.82) is 0 Å². The van der Waals surface area contributed by atoms with Gasteiger partial charge in [-0.1, -0.05) is 47.2 Å². The summed E-state index contributed by atoms with van der Waals surface area (Å²) in [5.41, 5.74) is 1.35. The van der Waals surface area contributed by atoms with Gasteiger partial charge in [0.05, 0.1) is 24.1 Å². The van der Waals surface area contributed by atoms with E-state index >= 15 is 0 Å². The summed E-state index contributed by atoms with van der Waals surface area (Å²) in [5, 5.41) is 3.76. The average Bonchev–Trinajstić information content (AvgIpc) is 3.15. The van der Waals surface area contributed by atoms with Crippen LogP contribution in [-0.2, 0) is 4.79 Å². The van der Waals surface area contributed by atoms with E-state index in [9.17, 15) is 9.59 Å². The van der Waals surface area contributed by atoms with Crippen LogP contribution in [0.4, 0.5) is 5.13 Å². The monoisotopic (exact) mass is 400 g/mol. The van der Waals surface area contributed by atoms with E-state index in [4.69, 9.17) is 16.3 Å². The van der Waals surface area contributed by atoms with Crippen molar-refractivity contribution >= 4 is 39.8 Å². The zero-order valence-electron chi connectivity index (χ0n) is 14.7. The highest BCUT2D eigenvalue weighted by atomic mass is 35.5. The lowest BCUT2D eigenvalue weighted by molar-refractivity contribution is -0.117. The number of halogens is 1. The van der Waals surface area contributed by atoms with Gasteiger partial charge in [-0.2, -0.15) is 0 Å². The average molecular weight is 401 g/mol. The number of aromatic nitrogens is 1. The summed E-state index contributed by atoms with van der Waals surface area (Å²) in [6.45, 7) is 1.80. The lowest BCUT2D eigenvalue weighted by Crippen LogP contribution is -2.18. The molecule has 0 spiro atoms. The van der Waals surface area contributed by atoms with Gasteiger partial charge in [-0.25, -0.2) is 4.98 Å². The van der Waals surface area contributed by atoms with Crippen LogP contribution in [-0.4, -0.2) is 23.8 Å². The first-order valence-electron chi connectivity index (χ1n) is 8.19. The zero-order valence-corrected chi connectivity index (χ0v) is 16.3. The second kappa shape index (κ2) is 8.33. The molecule has 0 saturated heterocycles. The van der Waals surface area contributed by atoms with E-state index < -0.39 is 0 Å². The van der Waals surface area contributed by atoms with Gasteiger partial charge < -0.3 is 10.1 Å². The minimum absolute atomic E-state index is 0.169. The molecule has 7 heteroatoms. The Balaban J connectivity index is 1.70. The fourth-order valence-corrected chi connectivity index (χ4v) is 3.37. The second-order valence-electron chi connectivity index (χ2n) is 5.85. The molecular weight excluding hydrogens is 384 g/mol. The van der Waals surface area contributed by atoms with E-state index in [1.807, 2.05) is 12.1 Å². The highest BCUT2D eigenvalue weighted by molar-refractivity contribution is 7.17. The number of nitrogens with one attached hydrogen (secondary N) is 1. The number of rotatable bonds is 6. The first kappa shape index (κ1) is 19.1. The number of anilines is 1. The normalized spacial score (nSPS) is 11.7. The molecular formula is C20H17ClN2O3S. The third-order valence-corrected chi connectivity index (χ3v) is 5.22. The van der Waals surface area contributed by atoms with Crippen molar-refractivity contribution in [2.75, 3.05) is 12.4 Å². The number of hydrogen-bond donors (Lipinski definition) is 1. The number of thiazole rings is 1. The maximum Gasteiger partial charge on any atom is 0.233 e. The SMILES string of the molecule is COc1cccc(C(=O)c2cnc(NC(=O)C(C)c3ccc(Cl)cc3)s2)c1. The van der Waals surface area contributed by atoms with Gasteiger partial charge in [0.15, 0.2) is 5.13 Å². The number of amides is 1. The molecule has 1 atom stereocenters. The summed E-state index contributed by atoms with van der Waals surface area (Å²) in [6.07, 6.45) is 1.47. The smallest absolute Gasteiger partial charge is 0.233 e. The molecule has 0 aliphatic heterocycles. The third kappa shape index (κ3) is 4.53. The minimum atomic E-state index is -0.372. The van der Waals surface area contributed by atoms with Crippen LogP contribution in [0.25, 0.3) is 0 Å². The summed E-state index contributed by atoms with van der Waals surface area (Å²) in [5.74, 6) is -0.135. The largest absolute Gasteiger partial charge is 0.497 e. The molecule has 0 aliphatic carbocycles. The summed E-state index contributed by atoms with van der Waals surface area (Å²) in [4.78, 5) is 29.6. The number of ketones is 1. The van der Waals surface area contributed by atoms with E-state index in [0.717, 1.165) is 16.9 Å². The molecule has 0 saturated carbocycles. The van der Waals surface area contributed by atoms with E-state index in [2.05, 4.69) is 10.3 Å². The standard InChI is InChI=1S/C20H17ClN2O3S/c1-12(13-6-8-15(21)9-7-13)19(25)23-20-22-11-17(27-20)18(24)14-4-3-5-16(10-14)26-2/h3-12H,1-2H3,(H,22,23,25). The van der Waals surface area contributed by atoms with E-state index in [1.165, 1.54) is 6.20 Å².